The van der Waals surface area contributed by atoms with Gasteiger partial charge in [0.15, 0.2) is 0 Å². The molecule has 0 heterocycles. The van der Waals surface area contributed by atoms with Crippen LogP contribution in [0.15, 0.2) is 54.6 Å². The van der Waals surface area contributed by atoms with Crippen molar-refractivity contribution < 1.29 is 9.59 Å². The molecule has 0 bridgehead atoms. The highest BCUT2D eigenvalue weighted by Crippen LogP contribution is 2.18. The van der Waals surface area contributed by atoms with E-state index in [1.807, 2.05) is 56.4 Å². The molecule has 5 nitrogen and oxygen atoms in total. The minimum atomic E-state index is -0.154. The van der Waals surface area contributed by atoms with Crippen LogP contribution in [-0.4, -0.2) is 25.4 Å². The summed E-state index contributed by atoms with van der Waals surface area (Å²) in [5.41, 5.74) is 2.26. The molecule has 0 saturated heterocycles. The van der Waals surface area contributed by atoms with E-state index in [4.69, 9.17) is 0 Å². The Bertz CT molecular complexity index is 692. The highest BCUT2D eigenvalue weighted by molar-refractivity contribution is 6.04. The van der Waals surface area contributed by atoms with E-state index in [-0.39, 0.29) is 30.3 Å². The summed E-state index contributed by atoms with van der Waals surface area (Å²) in [5, 5.41) is 8.78. The fraction of sp³-hybridized carbons (Fsp3) is 0.263. The van der Waals surface area contributed by atoms with Crippen molar-refractivity contribution in [1.82, 2.24) is 10.6 Å². The summed E-state index contributed by atoms with van der Waals surface area (Å²) < 4.78 is 0. The standard InChI is InChI=1S/C19H23N3O2.ClH/c1-14(21-18(23)11-12-20-2)16-9-6-10-17(13-16)22-19(24)15-7-4-3-5-8-15;/h3-10,13-14,20H,11-12H2,1-2H3,(H,21,23)(H,22,24);1H. The van der Waals surface area contributed by atoms with Gasteiger partial charge < -0.3 is 16.0 Å². The van der Waals surface area contributed by atoms with Crippen LogP contribution in [0.2, 0.25) is 0 Å². The predicted octanol–water partition coefficient (Wildman–Crippen LogP) is 3.15. The van der Waals surface area contributed by atoms with Crippen LogP contribution in [0.1, 0.15) is 35.3 Å². The van der Waals surface area contributed by atoms with Crippen molar-refractivity contribution in [3.05, 3.63) is 65.7 Å². The van der Waals surface area contributed by atoms with Crippen LogP contribution in [-0.2, 0) is 4.79 Å². The van der Waals surface area contributed by atoms with Crippen LogP contribution in [0.5, 0.6) is 0 Å². The van der Waals surface area contributed by atoms with Gasteiger partial charge in [-0.3, -0.25) is 9.59 Å². The molecular formula is C19H24ClN3O2. The first-order valence-corrected chi connectivity index (χ1v) is 8.00. The maximum Gasteiger partial charge on any atom is 0.255 e. The molecule has 0 aliphatic carbocycles. The Kier molecular flexibility index (Phi) is 8.67. The lowest BCUT2D eigenvalue weighted by atomic mass is 10.1. The number of nitrogens with one attached hydrogen (secondary N) is 3. The molecule has 1 atom stereocenters. The molecule has 1 unspecified atom stereocenters. The molecule has 0 saturated carbocycles. The third kappa shape index (κ3) is 6.57. The molecular weight excluding hydrogens is 338 g/mol. The van der Waals surface area contributed by atoms with Crippen molar-refractivity contribution >= 4 is 29.9 Å². The van der Waals surface area contributed by atoms with Gasteiger partial charge >= 0.3 is 0 Å². The lowest BCUT2D eigenvalue weighted by molar-refractivity contribution is -0.121. The average Bonchev–Trinajstić information content (AvgIpc) is 2.61. The Morgan fingerprint density at radius 1 is 1.04 bits per heavy atom. The van der Waals surface area contributed by atoms with E-state index in [1.54, 1.807) is 12.1 Å². The van der Waals surface area contributed by atoms with Crippen molar-refractivity contribution in [2.24, 2.45) is 0 Å². The smallest absolute Gasteiger partial charge is 0.255 e. The largest absolute Gasteiger partial charge is 0.350 e. The maximum atomic E-state index is 12.2. The van der Waals surface area contributed by atoms with E-state index in [2.05, 4.69) is 16.0 Å². The number of halogens is 1. The number of carbonyl (C=O) groups is 2. The van der Waals surface area contributed by atoms with Crippen LogP contribution in [0, 0.1) is 0 Å². The highest BCUT2D eigenvalue weighted by Gasteiger charge is 2.11. The second kappa shape index (κ2) is 10.5. The first-order valence-electron chi connectivity index (χ1n) is 8.00. The van der Waals surface area contributed by atoms with Gasteiger partial charge in [0, 0.05) is 24.2 Å². The summed E-state index contributed by atoms with van der Waals surface area (Å²) in [7, 11) is 1.82. The van der Waals surface area contributed by atoms with E-state index >= 15 is 0 Å². The topological polar surface area (TPSA) is 70.2 Å². The lowest BCUT2D eigenvalue weighted by Crippen LogP contribution is -2.29. The van der Waals surface area contributed by atoms with Crippen molar-refractivity contribution in [1.29, 1.82) is 0 Å². The van der Waals surface area contributed by atoms with Gasteiger partial charge in [0.05, 0.1) is 6.04 Å². The molecule has 2 amide bonds. The maximum absolute atomic E-state index is 12.2. The molecule has 2 rings (SSSR count). The Balaban J connectivity index is 0.00000312. The second-order valence-corrected chi connectivity index (χ2v) is 5.59. The first kappa shape index (κ1) is 20.7. The molecule has 6 heteroatoms. The fourth-order valence-electron chi connectivity index (χ4n) is 2.31. The zero-order chi connectivity index (χ0) is 17.4. The van der Waals surface area contributed by atoms with Gasteiger partial charge in [0.25, 0.3) is 5.91 Å². The van der Waals surface area contributed by atoms with E-state index in [9.17, 15) is 9.59 Å². The molecule has 0 fully saturated rings. The third-order valence-electron chi connectivity index (χ3n) is 3.66. The molecule has 0 spiro atoms. The van der Waals surface area contributed by atoms with Gasteiger partial charge in [-0.15, -0.1) is 12.4 Å². The number of amides is 2. The van der Waals surface area contributed by atoms with Gasteiger partial charge in [-0.1, -0.05) is 30.3 Å². The van der Waals surface area contributed by atoms with Gasteiger partial charge in [-0.05, 0) is 43.8 Å². The first-order chi connectivity index (χ1) is 11.6. The van der Waals surface area contributed by atoms with Crippen molar-refractivity contribution in [3.8, 4) is 0 Å². The molecule has 0 radical (unpaired) electrons. The molecule has 0 aromatic heterocycles. The third-order valence-corrected chi connectivity index (χ3v) is 3.66. The summed E-state index contributed by atoms with van der Waals surface area (Å²) in [6, 6.07) is 16.4. The number of rotatable bonds is 7. The van der Waals surface area contributed by atoms with Crippen molar-refractivity contribution in [3.63, 3.8) is 0 Å². The van der Waals surface area contributed by atoms with E-state index in [0.717, 1.165) is 5.56 Å². The molecule has 2 aromatic rings. The van der Waals surface area contributed by atoms with Crippen LogP contribution < -0.4 is 16.0 Å². The molecule has 2 aromatic carbocycles. The Labute approximate surface area is 154 Å². The monoisotopic (exact) mass is 361 g/mol. The summed E-state index contributed by atoms with van der Waals surface area (Å²) in [5.74, 6) is -0.158. The molecule has 134 valence electrons. The van der Waals surface area contributed by atoms with Crippen LogP contribution in [0.25, 0.3) is 0 Å². The van der Waals surface area contributed by atoms with Crippen LogP contribution in [0.3, 0.4) is 0 Å². The minimum absolute atomic E-state index is 0. The van der Waals surface area contributed by atoms with Crippen LogP contribution >= 0.6 is 12.4 Å². The molecule has 0 aliphatic rings. The normalized spacial score (nSPS) is 11.1. The number of hydrogen-bond acceptors (Lipinski definition) is 3. The number of anilines is 1. The average molecular weight is 362 g/mol. The quantitative estimate of drug-likeness (QED) is 0.709. The van der Waals surface area contributed by atoms with E-state index in [1.165, 1.54) is 0 Å². The van der Waals surface area contributed by atoms with Crippen LogP contribution in [0.4, 0.5) is 5.69 Å². The fourth-order valence-corrected chi connectivity index (χ4v) is 2.31. The zero-order valence-corrected chi connectivity index (χ0v) is 15.2. The Hall–Kier alpha value is -2.37. The van der Waals surface area contributed by atoms with E-state index < -0.39 is 0 Å². The highest BCUT2D eigenvalue weighted by atomic mass is 35.5. The summed E-state index contributed by atoms with van der Waals surface area (Å²) in [4.78, 5) is 24.0. The summed E-state index contributed by atoms with van der Waals surface area (Å²) in [6.45, 7) is 2.57. The molecule has 3 N–H and O–H groups in total. The SMILES string of the molecule is CNCCC(=O)NC(C)c1cccc(NC(=O)c2ccccc2)c1.Cl. The summed E-state index contributed by atoms with van der Waals surface area (Å²) in [6.07, 6.45) is 0.436. The Morgan fingerprint density at radius 2 is 1.76 bits per heavy atom. The minimum Gasteiger partial charge on any atom is -0.350 e. The number of benzene rings is 2. The number of hydrogen-bond donors (Lipinski definition) is 3. The van der Waals surface area contributed by atoms with Crippen molar-refractivity contribution in [2.45, 2.75) is 19.4 Å². The van der Waals surface area contributed by atoms with Gasteiger partial charge in [0.2, 0.25) is 5.91 Å². The molecule has 25 heavy (non-hydrogen) atoms. The van der Waals surface area contributed by atoms with E-state index in [0.29, 0.717) is 24.2 Å². The number of carbonyl (C=O) groups excluding carboxylic acids is 2. The Morgan fingerprint density at radius 3 is 2.44 bits per heavy atom. The molecule has 0 aliphatic heterocycles. The lowest BCUT2D eigenvalue weighted by Gasteiger charge is -2.15. The van der Waals surface area contributed by atoms with Gasteiger partial charge in [-0.25, -0.2) is 0 Å². The van der Waals surface area contributed by atoms with Gasteiger partial charge in [0.1, 0.15) is 0 Å². The van der Waals surface area contributed by atoms with Gasteiger partial charge in [-0.2, -0.15) is 0 Å². The second-order valence-electron chi connectivity index (χ2n) is 5.59. The van der Waals surface area contributed by atoms with Crippen molar-refractivity contribution in [2.75, 3.05) is 18.9 Å². The predicted molar refractivity (Wildman–Crippen MR) is 103 cm³/mol. The zero-order valence-electron chi connectivity index (χ0n) is 14.4. The summed E-state index contributed by atoms with van der Waals surface area (Å²) >= 11 is 0.